The molecule has 0 N–H and O–H groups in total. The van der Waals surface area contributed by atoms with E-state index >= 15 is 0 Å². The molecular formula is C17H26N2O4S2. The van der Waals surface area contributed by atoms with Gasteiger partial charge in [0.2, 0.25) is 5.91 Å². The van der Waals surface area contributed by atoms with Crippen LogP contribution in [0, 0.1) is 11.3 Å². The normalized spacial score (nSPS) is 39.0. The Labute approximate surface area is 157 Å². The van der Waals surface area contributed by atoms with Gasteiger partial charge in [0, 0.05) is 49.0 Å². The first-order chi connectivity index (χ1) is 12.0. The van der Waals surface area contributed by atoms with E-state index in [1.165, 1.54) is 0 Å². The molecule has 4 rings (SSSR count). The predicted octanol–water partition coefficient (Wildman–Crippen LogP) is 0.903. The molecule has 4 saturated heterocycles. The highest BCUT2D eigenvalue weighted by atomic mass is 32.2. The summed E-state index contributed by atoms with van der Waals surface area (Å²) in [5.41, 5.74) is -0.00196. The monoisotopic (exact) mass is 386 g/mol. The van der Waals surface area contributed by atoms with Crippen LogP contribution in [0.25, 0.3) is 0 Å². The van der Waals surface area contributed by atoms with E-state index in [1.807, 2.05) is 16.7 Å². The predicted molar refractivity (Wildman–Crippen MR) is 98.6 cm³/mol. The fourth-order valence-corrected chi connectivity index (χ4v) is 7.15. The molecule has 0 aromatic rings. The van der Waals surface area contributed by atoms with Gasteiger partial charge in [-0.25, -0.2) is 0 Å². The number of fused-ring (bicyclic) bond motifs is 1. The first kappa shape index (κ1) is 17.9. The minimum Gasteiger partial charge on any atom is -0.373 e. The molecule has 2 amide bonds. The number of carbonyl (C=O) groups excluding carboxylic acids is 2. The summed E-state index contributed by atoms with van der Waals surface area (Å²) in [6.07, 6.45) is -0.677. The van der Waals surface area contributed by atoms with Gasteiger partial charge in [-0.15, -0.1) is 23.5 Å². The van der Waals surface area contributed by atoms with E-state index in [2.05, 4.69) is 6.92 Å². The van der Waals surface area contributed by atoms with Crippen molar-refractivity contribution in [2.75, 3.05) is 50.9 Å². The summed E-state index contributed by atoms with van der Waals surface area (Å²) in [7, 11) is 0. The van der Waals surface area contributed by atoms with E-state index in [1.54, 1.807) is 23.5 Å². The second-order valence-corrected chi connectivity index (χ2v) is 10.5. The molecule has 0 aliphatic carbocycles. The number of carbonyl (C=O) groups is 2. The number of hydrogen-bond donors (Lipinski definition) is 0. The quantitative estimate of drug-likeness (QED) is 0.703. The molecule has 0 bridgehead atoms. The molecule has 6 nitrogen and oxygen atoms in total. The van der Waals surface area contributed by atoms with E-state index in [0.717, 1.165) is 31.1 Å². The van der Waals surface area contributed by atoms with Crippen LogP contribution in [0.3, 0.4) is 0 Å². The van der Waals surface area contributed by atoms with Gasteiger partial charge in [0.25, 0.3) is 5.91 Å². The van der Waals surface area contributed by atoms with Crippen molar-refractivity contribution in [1.82, 2.24) is 9.80 Å². The third-order valence-corrected chi connectivity index (χ3v) is 8.81. The van der Waals surface area contributed by atoms with Gasteiger partial charge in [-0.3, -0.25) is 9.59 Å². The Morgan fingerprint density at radius 2 is 1.60 bits per heavy atom. The zero-order chi connectivity index (χ0) is 17.6. The van der Waals surface area contributed by atoms with Gasteiger partial charge in [0.1, 0.15) is 4.58 Å². The number of amides is 2. The first-order valence-corrected chi connectivity index (χ1v) is 11.1. The third-order valence-electron chi connectivity index (χ3n) is 5.85. The lowest BCUT2D eigenvalue weighted by Gasteiger charge is -2.33. The maximum Gasteiger partial charge on any atom is 0.254 e. The van der Waals surface area contributed by atoms with Gasteiger partial charge in [-0.05, 0) is 6.92 Å². The Balaban J connectivity index is 1.38. The van der Waals surface area contributed by atoms with Crippen molar-refractivity contribution in [3.05, 3.63) is 0 Å². The minimum atomic E-state index is -0.486. The van der Waals surface area contributed by atoms with Gasteiger partial charge >= 0.3 is 0 Å². The summed E-state index contributed by atoms with van der Waals surface area (Å²) in [5.74, 6) is 2.82. The Morgan fingerprint density at radius 3 is 2.20 bits per heavy atom. The molecular weight excluding hydrogens is 360 g/mol. The van der Waals surface area contributed by atoms with Crippen LogP contribution in [0.15, 0.2) is 0 Å². The van der Waals surface area contributed by atoms with E-state index in [-0.39, 0.29) is 27.9 Å². The Hall–Kier alpha value is -0.440. The Kier molecular flexibility index (Phi) is 4.98. The minimum absolute atomic E-state index is 0.00196. The van der Waals surface area contributed by atoms with Crippen LogP contribution in [-0.4, -0.2) is 89.3 Å². The van der Waals surface area contributed by atoms with E-state index in [9.17, 15) is 9.59 Å². The molecule has 4 atom stereocenters. The zero-order valence-corrected chi connectivity index (χ0v) is 16.4. The first-order valence-electron chi connectivity index (χ1n) is 9.02. The Morgan fingerprint density at radius 1 is 1.00 bits per heavy atom. The molecule has 0 spiro atoms. The van der Waals surface area contributed by atoms with Crippen LogP contribution >= 0.6 is 23.5 Å². The van der Waals surface area contributed by atoms with E-state index in [0.29, 0.717) is 25.7 Å². The maximum absolute atomic E-state index is 12.8. The van der Waals surface area contributed by atoms with Crippen LogP contribution in [0.5, 0.6) is 0 Å². The van der Waals surface area contributed by atoms with Gasteiger partial charge in [0.05, 0.1) is 19.3 Å². The molecule has 0 aromatic heterocycles. The smallest absolute Gasteiger partial charge is 0.254 e. The van der Waals surface area contributed by atoms with Crippen molar-refractivity contribution in [2.24, 2.45) is 11.3 Å². The third kappa shape index (κ3) is 3.31. The van der Waals surface area contributed by atoms with Gasteiger partial charge in [0.15, 0.2) is 6.10 Å². The summed E-state index contributed by atoms with van der Waals surface area (Å²) >= 11 is 3.53. The summed E-state index contributed by atoms with van der Waals surface area (Å²) in [6.45, 7) is 8.11. The number of ether oxygens (including phenoxy) is 2. The topological polar surface area (TPSA) is 59.1 Å². The van der Waals surface area contributed by atoms with Gasteiger partial charge in [-0.1, -0.05) is 6.92 Å². The lowest BCUT2D eigenvalue weighted by Crippen LogP contribution is -2.50. The molecule has 0 saturated carbocycles. The number of rotatable bonds is 2. The number of thioether (sulfide) groups is 2. The molecule has 0 radical (unpaired) electrons. The highest BCUT2D eigenvalue weighted by Gasteiger charge is 2.53. The fourth-order valence-electron chi connectivity index (χ4n) is 4.41. The lowest BCUT2D eigenvalue weighted by atomic mass is 9.83. The van der Waals surface area contributed by atoms with Crippen LogP contribution in [0.2, 0.25) is 0 Å². The average molecular weight is 387 g/mol. The average Bonchev–Trinajstić information content (AvgIpc) is 3.28. The molecule has 0 aromatic carbocycles. The lowest BCUT2D eigenvalue weighted by molar-refractivity contribution is -0.170. The highest BCUT2D eigenvalue weighted by Crippen LogP contribution is 2.44. The molecule has 140 valence electrons. The van der Waals surface area contributed by atoms with Gasteiger partial charge in [-0.2, -0.15) is 0 Å². The fraction of sp³-hybridized carbons (Fsp3) is 0.882. The second-order valence-electron chi connectivity index (χ2n) is 7.73. The summed E-state index contributed by atoms with van der Waals surface area (Å²) in [6, 6.07) is 0. The van der Waals surface area contributed by atoms with Crippen molar-refractivity contribution in [3.8, 4) is 0 Å². The molecule has 4 heterocycles. The summed E-state index contributed by atoms with van der Waals surface area (Å²) < 4.78 is 11.3. The SMILES string of the molecule is C[C@@H]1OCCO[C@@H]1C(=O)N1C[C@@H]2CN(C(=O)C3SCCS3)C[C@]2(C)C1. The number of hydrogen-bond acceptors (Lipinski definition) is 6. The molecule has 8 heteroatoms. The van der Waals surface area contributed by atoms with Crippen LogP contribution < -0.4 is 0 Å². The molecule has 4 fully saturated rings. The summed E-state index contributed by atoms with van der Waals surface area (Å²) in [5, 5.41) is 0. The molecule has 25 heavy (non-hydrogen) atoms. The van der Waals surface area contributed by atoms with E-state index < -0.39 is 6.10 Å². The Bertz CT molecular complexity index is 557. The zero-order valence-electron chi connectivity index (χ0n) is 14.8. The number of likely N-dealkylation sites (tertiary alicyclic amines) is 2. The number of nitrogens with zero attached hydrogens (tertiary/aromatic N) is 2. The van der Waals surface area contributed by atoms with Crippen LogP contribution in [0.1, 0.15) is 13.8 Å². The molecule has 4 aliphatic heterocycles. The van der Waals surface area contributed by atoms with Crippen LogP contribution in [-0.2, 0) is 19.1 Å². The standard InChI is InChI=1S/C17H26N2O4S2/c1-11-13(23-4-3-22-11)14(20)18-7-12-8-19(10-17(12,2)9-18)15(21)16-24-5-6-25-16/h11-13,16H,3-10H2,1-2H3/t11-,12+,13-,17-/m0/s1. The van der Waals surface area contributed by atoms with E-state index in [4.69, 9.17) is 9.47 Å². The van der Waals surface area contributed by atoms with Crippen LogP contribution in [0.4, 0.5) is 0 Å². The van der Waals surface area contributed by atoms with Crippen molar-refractivity contribution >= 4 is 35.3 Å². The van der Waals surface area contributed by atoms with Gasteiger partial charge < -0.3 is 19.3 Å². The van der Waals surface area contributed by atoms with Crippen molar-refractivity contribution < 1.29 is 19.1 Å². The second kappa shape index (κ2) is 6.94. The highest BCUT2D eigenvalue weighted by molar-refractivity contribution is 8.21. The molecule has 0 unspecified atom stereocenters. The van der Waals surface area contributed by atoms with Crippen molar-refractivity contribution in [3.63, 3.8) is 0 Å². The summed E-state index contributed by atoms with van der Waals surface area (Å²) in [4.78, 5) is 29.5. The van der Waals surface area contributed by atoms with Crippen molar-refractivity contribution in [2.45, 2.75) is 30.6 Å². The largest absolute Gasteiger partial charge is 0.373 e. The maximum atomic E-state index is 12.8. The molecule has 4 aliphatic rings. The van der Waals surface area contributed by atoms with Crippen molar-refractivity contribution in [1.29, 1.82) is 0 Å².